The highest BCUT2D eigenvalue weighted by Gasteiger charge is 2.51. The molecular formula is C21H23N3O3S. The Hall–Kier alpha value is -2.28. The van der Waals surface area contributed by atoms with Gasteiger partial charge in [0.15, 0.2) is 5.13 Å². The molecule has 4 aliphatic carbocycles. The van der Waals surface area contributed by atoms with Gasteiger partial charge in [-0.25, -0.2) is 4.98 Å². The van der Waals surface area contributed by atoms with Gasteiger partial charge in [0, 0.05) is 29.5 Å². The molecule has 1 heterocycles. The molecule has 28 heavy (non-hydrogen) atoms. The summed E-state index contributed by atoms with van der Waals surface area (Å²) in [6, 6.07) is 6.42. The molecule has 6 rings (SSSR count). The molecule has 0 radical (unpaired) electrons. The second kappa shape index (κ2) is 6.65. The van der Waals surface area contributed by atoms with Crippen LogP contribution in [0.3, 0.4) is 0 Å². The number of aromatic nitrogens is 1. The standard InChI is InChI=1S/C21H23N3O3S/c25-19(11-21-8-13-4-14(9-21)6-15(5-13)10-21)23-20-22-18(12-28-20)16-2-1-3-17(7-16)24(26)27/h1-3,7,12-15H,4-6,8-11H2,(H,22,23,25). The number of nitro groups is 1. The topological polar surface area (TPSA) is 85.1 Å². The van der Waals surface area contributed by atoms with Crippen molar-refractivity contribution in [3.05, 3.63) is 39.8 Å². The van der Waals surface area contributed by atoms with Crippen LogP contribution in [0.15, 0.2) is 29.6 Å². The summed E-state index contributed by atoms with van der Waals surface area (Å²) in [7, 11) is 0. The fraction of sp³-hybridized carbons (Fsp3) is 0.524. The Kier molecular flexibility index (Phi) is 4.23. The average molecular weight is 398 g/mol. The van der Waals surface area contributed by atoms with Crippen LogP contribution in [0.5, 0.6) is 0 Å². The highest BCUT2D eigenvalue weighted by Crippen LogP contribution is 2.61. The molecular weight excluding hydrogens is 374 g/mol. The van der Waals surface area contributed by atoms with E-state index in [-0.39, 0.29) is 17.0 Å². The molecule has 146 valence electrons. The second-order valence-corrected chi connectivity index (χ2v) is 9.85. The van der Waals surface area contributed by atoms with Crippen LogP contribution in [0.1, 0.15) is 44.9 Å². The number of hydrogen-bond donors (Lipinski definition) is 1. The smallest absolute Gasteiger partial charge is 0.270 e. The number of carbonyl (C=O) groups excluding carboxylic acids is 1. The lowest BCUT2D eigenvalue weighted by molar-refractivity contribution is -0.384. The molecule has 4 bridgehead atoms. The fourth-order valence-electron chi connectivity index (χ4n) is 6.25. The molecule has 1 N–H and O–H groups in total. The molecule has 7 heteroatoms. The van der Waals surface area contributed by atoms with E-state index in [1.54, 1.807) is 12.1 Å². The lowest BCUT2D eigenvalue weighted by atomic mass is 9.49. The zero-order valence-electron chi connectivity index (χ0n) is 15.6. The van der Waals surface area contributed by atoms with Crippen molar-refractivity contribution >= 4 is 28.1 Å². The summed E-state index contributed by atoms with van der Waals surface area (Å²) in [5.41, 5.74) is 1.59. The Labute approximate surface area is 167 Å². The summed E-state index contributed by atoms with van der Waals surface area (Å²) in [6.45, 7) is 0. The van der Waals surface area contributed by atoms with E-state index in [9.17, 15) is 14.9 Å². The minimum absolute atomic E-state index is 0.0397. The molecule has 0 unspecified atom stereocenters. The maximum atomic E-state index is 12.8. The van der Waals surface area contributed by atoms with E-state index in [1.165, 1.54) is 62.0 Å². The summed E-state index contributed by atoms with van der Waals surface area (Å²) in [6.07, 6.45) is 8.36. The van der Waals surface area contributed by atoms with Crippen LogP contribution < -0.4 is 5.32 Å². The highest BCUT2D eigenvalue weighted by molar-refractivity contribution is 7.14. The van der Waals surface area contributed by atoms with E-state index in [0.29, 0.717) is 22.8 Å². The van der Waals surface area contributed by atoms with Gasteiger partial charge >= 0.3 is 0 Å². The quantitative estimate of drug-likeness (QED) is 0.550. The van der Waals surface area contributed by atoms with Crippen molar-refractivity contribution in [2.24, 2.45) is 23.2 Å². The maximum Gasteiger partial charge on any atom is 0.270 e. The maximum absolute atomic E-state index is 12.8. The molecule has 4 fully saturated rings. The Morgan fingerprint density at radius 2 is 1.89 bits per heavy atom. The van der Waals surface area contributed by atoms with Gasteiger partial charge in [-0.05, 0) is 61.7 Å². The molecule has 0 saturated heterocycles. The minimum Gasteiger partial charge on any atom is -0.302 e. The Morgan fingerprint density at radius 3 is 2.54 bits per heavy atom. The molecule has 1 aromatic carbocycles. The molecule has 4 saturated carbocycles. The highest BCUT2D eigenvalue weighted by atomic mass is 32.1. The first-order valence-corrected chi connectivity index (χ1v) is 10.9. The van der Waals surface area contributed by atoms with Crippen LogP contribution in [0.25, 0.3) is 11.3 Å². The number of non-ortho nitro benzene ring substituents is 1. The lowest BCUT2D eigenvalue weighted by Crippen LogP contribution is -2.47. The van der Waals surface area contributed by atoms with Crippen LogP contribution in [-0.2, 0) is 4.79 Å². The van der Waals surface area contributed by atoms with Gasteiger partial charge in [-0.2, -0.15) is 0 Å². The molecule has 2 aromatic rings. The second-order valence-electron chi connectivity index (χ2n) is 8.99. The fourth-order valence-corrected chi connectivity index (χ4v) is 6.99. The van der Waals surface area contributed by atoms with Gasteiger partial charge in [0.25, 0.3) is 5.69 Å². The third-order valence-corrected chi connectivity index (χ3v) is 7.56. The largest absolute Gasteiger partial charge is 0.302 e. The van der Waals surface area contributed by atoms with Gasteiger partial charge < -0.3 is 5.32 Å². The Morgan fingerprint density at radius 1 is 1.21 bits per heavy atom. The zero-order valence-corrected chi connectivity index (χ0v) is 16.4. The SMILES string of the molecule is O=C(CC12CC3CC(CC(C3)C1)C2)Nc1nc(-c2cccc([N+](=O)[O-])c2)cs1. The van der Waals surface area contributed by atoms with Crippen molar-refractivity contribution in [3.8, 4) is 11.3 Å². The van der Waals surface area contributed by atoms with E-state index < -0.39 is 4.92 Å². The summed E-state index contributed by atoms with van der Waals surface area (Å²) >= 11 is 1.37. The number of nitro benzene ring substituents is 1. The number of carbonyl (C=O) groups is 1. The third-order valence-electron chi connectivity index (χ3n) is 6.80. The van der Waals surface area contributed by atoms with Gasteiger partial charge in [0.1, 0.15) is 0 Å². The first-order chi connectivity index (χ1) is 13.5. The van der Waals surface area contributed by atoms with Gasteiger partial charge in [0.2, 0.25) is 5.91 Å². The predicted octanol–water partition coefficient (Wildman–Crippen LogP) is 5.26. The number of nitrogens with one attached hydrogen (secondary N) is 1. The van der Waals surface area contributed by atoms with Gasteiger partial charge in [0.05, 0.1) is 10.6 Å². The molecule has 4 aliphatic rings. The van der Waals surface area contributed by atoms with E-state index in [1.807, 2.05) is 5.38 Å². The van der Waals surface area contributed by atoms with Crippen molar-refractivity contribution in [1.82, 2.24) is 4.98 Å². The van der Waals surface area contributed by atoms with Gasteiger partial charge in [-0.15, -0.1) is 11.3 Å². The number of thiazole rings is 1. The van der Waals surface area contributed by atoms with Crippen LogP contribution in [0.2, 0.25) is 0 Å². The molecule has 0 atom stereocenters. The van der Waals surface area contributed by atoms with Crippen molar-refractivity contribution in [2.75, 3.05) is 5.32 Å². The minimum atomic E-state index is -0.413. The molecule has 0 spiro atoms. The molecule has 0 aliphatic heterocycles. The van der Waals surface area contributed by atoms with E-state index >= 15 is 0 Å². The van der Waals surface area contributed by atoms with Crippen LogP contribution in [0.4, 0.5) is 10.8 Å². The van der Waals surface area contributed by atoms with Crippen LogP contribution >= 0.6 is 11.3 Å². The van der Waals surface area contributed by atoms with Gasteiger partial charge in [-0.3, -0.25) is 14.9 Å². The summed E-state index contributed by atoms with van der Waals surface area (Å²) in [5, 5.41) is 16.3. The monoisotopic (exact) mass is 397 g/mol. The lowest BCUT2D eigenvalue weighted by Gasteiger charge is -2.56. The Balaban J connectivity index is 1.27. The summed E-state index contributed by atoms with van der Waals surface area (Å²) in [5.74, 6) is 2.56. The number of benzene rings is 1. The number of amides is 1. The van der Waals surface area contributed by atoms with E-state index in [0.717, 1.165) is 17.8 Å². The average Bonchev–Trinajstić information content (AvgIpc) is 3.08. The molecule has 1 amide bonds. The number of rotatable bonds is 5. The van der Waals surface area contributed by atoms with E-state index in [2.05, 4.69) is 10.3 Å². The van der Waals surface area contributed by atoms with Crippen LogP contribution in [-0.4, -0.2) is 15.8 Å². The third kappa shape index (κ3) is 3.32. The van der Waals surface area contributed by atoms with Gasteiger partial charge in [-0.1, -0.05) is 12.1 Å². The summed E-state index contributed by atoms with van der Waals surface area (Å²) in [4.78, 5) is 27.8. The predicted molar refractivity (Wildman–Crippen MR) is 108 cm³/mol. The first-order valence-electron chi connectivity index (χ1n) is 9.98. The number of nitrogens with zero attached hydrogens (tertiary/aromatic N) is 2. The number of anilines is 1. The number of hydrogen-bond acceptors (Lipinski definition) is 5. The van der Waals surface area contributed by atoms with Crippen molar-refractivity contribution < 1.29 is 9.72 Å². The summed E-state index contributed by atoms with van der Waals surface area (Å²) < 4.78 is 0. The first kappa shape index (κ1) is 17.8. The molecule has 6 nitrogen and oxygen atoms in total. The Bertz CT molecular complexity index is 903. The van der Waals surface area contributed by atoms with Crippen molar-refractivity contribution in [2.45, 2.75) is 44.9 Å². The normalized spacial score (nSPS) is 30.4. The van der Waals surface area contributed by atoms with Crippen molar-refractivity contribution in [1.29, 1.82) is 0 Å². The molecule has 1 aromatic heterocycles. The van der Waals surface area contributed by atoms with Crippen molar-refractivity contribution in [3.63, 3.8) is 0 Å². The van der Waals surface area contributed by atoms with Crippen LogP contribution in [0, 0.1) is 33.3 Å². The van der Waals surface area contributed by atoms with E-state index in [4.69, 9.17) is 0 Å². The zero-order chi connectivity index (χ0) is 19.3.